The van der Waals surface area contributed by atoms with Gasteiger partial charge in [0.1, 0.15) is 5.82 Å². The van der Waals surface area contributed by atoms with Crippen LogP contribution in [0.3, 0.4) is 0 Å². The van der Waals surface area contributed by atoms with Crippen molar-refractivity contribution in [2.24, 2.45) is 0 Å². The van der Waals surface area contributed by atoms with E-state index in [1.54, 1.807) is 0 Å². The van der Waals surface area contributed by atoms with E-state index in [4.69, 9.17) is 4.74 Å². The SMILES string of the molecule is CC1CN(c2cnc(C(C)C)nc2CO)CC(C)(C)O1. The summed E-state index contributed by atoms with van der Waals surface area (Å²) >= 11 is 0. The van der Waals surface area contributed by atoms with E-state index in [-0.39, 0.29) is 24.2 Å². The van der Waals surface area contributed by atoms with Crippen LogP contribution in [0.15, 0.2) is 6.20 Å². The first-order valence-electron chi connectivity index (χ1n) is 7.22. The molecule has 0 radical (unpaired) electrons. The van der Waals surface area contributed by atoms with Gasteiger partial charge in [-0.1, -0.05) is 13.8 Å². The van der Waals surface area contributed by atoms with Crippen molar-refractivity contribution in [3.63, 3.8) is 0 Å². The Morgan fingerprint density at radius 1 is 1.50 bits per heavy atom. The fourth-order valence-electron chi connectivity index (χ4n) is 2.72. The summed E-state index contributed by atoms with van der Waals surface area (Å²) < 4.78 is 5.92. The topological polar surface area (TPSA) is 58.5 Å². The first-order valence-corrected chi connectivity index (χ1v) is 7.22. The largest absolute Gasteiger partial charge is 0.390 e. The normalized spacial score (nSPS) is 22.4. The Hall–Kier alpha value is -1.20. The highest BCUT2D eigenvalue weighted by Crippen LogP contribution is 2.28. The smallest absolute Gasteiger partial charge is 0.131 e. The summed E-state index contributed by atoms with van der Waals surface area (Å²) in [5.74, 6) is 1.03. The number of morpholine rings is 1. The average molecular weight is 279 g/mol. The second-order valence-corrected chi connectivity index (χ2v) is 6.44. The second kappa shape index (κ2) is 5.66. The Labute approximate surface area is 121 Å². The van der Waals surface area contributed by atoms with Crippen LogP contribution in [0.2, 0.25) is 0 Å². The van der Waals surface area contributed by atoms with E-state index in [0.29, 0.717) is 5.69 Å². The Bertz CT molecular complexity index is 474. The van der Waals surface area contributed by atoms with Crippen LogP contribution in [0, 0.1) is 0 Å². The molecule has 1 fully saturated rings. The first-order chi connectivity index (χ1) is 9.32. The second-order valence-electron chi connectivity index (χ2n) is 6.44. The van der Waals surface area contributed by atoms with Crippen molar-refractivity contribution in [2.75, 3.05) is 18.0 Å². The lowest BCUT2D eigenvalue weighted by Gasteiger charge is -2.43. The van der Waals surface area contributed by atoms with Crippen molar-refractivity contribution in [1.29, 1.82) is 0 Å². The summed E-state index contributed by atoms with van der Waals surface area (Å²) in [5, 5.41) is 9.60. The molecular weight excluding hydrogens is 254 g/mol. The Morgan fingerprint density at radius 2 is 2.20 bits per heavy atom. The zero-order valence-electron chi connectivity index (χ0n) is 13.1. The van der Waals surface area contributed by atoms with Gasteiger partial charge in [0.05, 0.1) is 35.9 Å². The van der Waals surface area contributed by atoms with Gasteiger partial charge >= 0.3 is 0 Å². The molecule has 1 unspecified atom stereocenters. The van der Waals surface area contributed by atoms with Gasteiger partial charge in [-0.2, -0.15) is 0 Å². The summed E-state index contributed by atoms with van der Waals surface area (Å²) in [4.78, 5) is 11.1. The number of aliphatic hydroxyl groups excluding tert-OH is 1. The van der Waals surface area contributed by atoms with Crippen LogP contribution in [0.1, 0.15) is 52.1 Å². The third kappa shape index (κ3) is 3.27. The van der Waals surface area contributed by atoms with Crippen molar-refractivity contribution in [2.45, 2.75) is 58.8 Å². The van der Waals surface area contributed by atoms with Crippen LogP contribution in [-0.2, 0) is 11.3 Å². The molecule has 0 aliphatic carbocycles. The minimum Gasteiger partial charge on any atom is -0.390 e. The van der Waals surface area contributed by atoms with E-state index in [1.165, 1.54) is 0 Å². The molecule has 2 rings (SSSR count). The van der Waals surface area contributed by atoms with E-state index < -0.39 is 0 Å². The maximum absolute atomic E-state index is 9.60. The lowest BCUT2D eigenvalue weighted by molar-refractivity contribution is -0.0750. The van der Waals surface area contributed by atoms with Gasteiger partial charge in [-0.3, -0.25) is 0 Å². The molecule has 0 saturated carbocycles. The van der Waals surface area contributed by atoms with Gasteiger partial charge in [-0.05, 0) is 20.8 Å². The zero-order chi connectivity index (χ0) is 14.9. The van der Waals surface area contributed by atoms with Gasteiger partial charge in [-0.15, -0.1) is 0 Å². The minimum absolute atomic E-state index is 0.0657. The fourth-order valence-corrected chi connectivity index (χ4v) is 2.72. The average Bonchev–Trinajstić information content (AvgIpc) is 2.35. The number of anilines is 1. The van der Waals surface area contributed by atoms with Crippen LogP contribution in [0.4, 0.5) is 5.69 Å². The van der Waals surface area contributed by atoms with Crippen LogP contribution >= 0.6 is 0 Å². The highest BCUT2D eigenvalue weighted by Gasteiger charge is 2.32. The van der Waals surface area contributed by atoms with Crippen LogP contribution < -0.4 is 4.90 Å². The summed E-state index contributed by atoms with van der Waals surface area (Å²) in [6.07, 6.45) is 1.98. The van der Waals surface area contributed by atoms with Gasteiger partial charge in [-0.25, -0.2) is 9.97 Å². The molecular formula is C15H25N3O2. The van der Waals surface area contributed by atoms with E-state index >= 15 is 0 Å². The quantitative estimate of drug-likeness (QED) is 0.918. The molecule has 5 heteroatoms. The lowest BCUT2D eigenvalue weighted by atomic mass is 10.0. The molecule has 2 heterocycles. The number of hydrogen-bond donors (Lipinski definition) is 1. The predicted molar refractivity (Wildman–Crippen MR) is 78.9 cm³/mol. The van der Waals surface area contributed by atoms with Gasteiger partial charge in [0.15, 0.2) is 0 Å². The molecule has 1 N–H and O–H groups in total. The minimum atomic E-state index is -0.207. The molecule has 112 valence electrons. The standard InChI is InChI=1S/C15H25N3O2/c1-10(2)14-16-6-13(12(8-19)17-14)18-7-11(3)20-15(4,5)9-18/h6,10-11,19H,7-9H2,1-5H3. The summed E-state index contributed by atoms with van der Waals surface area (Å²) in [5.41, 5.74) is 1.41. The van der Waals surface area contributed by atoms with Crippen LogP contribution in [-0.4, -0.2) is 39.9 Å². The molecule has 5 nitrogen and oxygen atoms in total. The number of rotatable bonds is 3. The van der Waals surface area contributed by atoms with E-state index in [2.05, 4.69) is 49.5 Å². The third-order valence-electron chi connectivity index (χ3n) is 3.44. The van der Waals surface area contributed by atoms with Crippen LogP contribution in [0.25, 0.3) is 0 Å². The first kappa shape index (κ1) is 15.2. The fraction of sp³-hybridized carbons (Fsp3) is 0.733. The Morgan fingerprint density at radius 3 is 2.75 bits per heavy atom. The number of aromatic nitrogens is 2. The van der Waals surface area contributed by atoms with Gasteiger partial charge in [0.2, 0.25) is 0 Å². The van der Waals surface area contributed by atoms with E-state index in [9.17, 15) is 5.11 Å². The Balaban J connectivity index is 2.32. The van der Waals surface area contributed by atoms with Crippen molar-refractivity contribution >= 4 is 5.69 Å². The molecule has 0 spiro atoms. The van der Waals surface area contributed by atoms with Crippen molar-refractivity contribution in [3.8, 4) is 0 Å². The van der Waals surface area contributed by atoms with E-state index in [0.717, 1.165) is 24.6 Å². The molecule has 20 heavy (non-hydrogen) atoms. The molecule has 0 amide bonds. The van der Waals surface area contributed by atoms with Crippen LogP contribution in [0.5, 0.6) is 0 Å². The molecule has 1 aliphatic rings. The molecule has 0 aromatic carbocycles. The van der Waals surface area contributed by atoms with Crippen molar-refractivity contribution in [1.82, 2.24) is 9.97 Å². The molecule has 0 bridgehead atoms. The molecule has 1 aromatic heterocycles. The third-order valence-corrected chi connectivity index (χ3v) is 3.44. The predicted octanol–water partition coefficient (Wildman–Crippen LogP) is 2.10. The summed E-state index contributed by atoms with van der Waals surface area (Å²) in [7, 11) is 0. The van der Waals surface area contributed by atoms with Gasteiger partial charge in [0, 0.05) is 19.0 Å². The number of ether oxygens (including phenoxy) is 1. The molecule has 1 saturated heterocycles. The molecule has 1 aliphatic heterocycles. The highest BCUT2D eigenvalue weighted by atomic mass is 16.5. The Kier molecular flexibility index (Phi) is 4.30. The van der Waals surface area contributed by atoms with Crippen molar-refractivity contribution < 1.29 is 9.84 Å². The monoisotopic (exact) mass is 279 g/mol. The van der Waals surface area contributed by atoms with Crippen molar-refractivity contribution in [3.05, 3.63) is 17.7 Å². The number of nitrogens with zero attached hydrogens (tertiary/aromatic N) is 3. The van der Waals surface area contributed by atoms with Gasteiger partial charge in [0.25, 0.3) is 0 Å². The maximum Gasteiger partial charge on any atom is 0.131 e. The highest BCUT2D eigenvalue weighted by molar-refractivity contribution is 5.50. The lowest BCUT2D eigenvalue weighted by Crippen LogP contribution is -2.52. The molecule has 1 aromatic rings. The number of aliphatic hydroxyl groups is 1. The summed E-state index contributed by atoms with van der Waals surface area (Å²) in [6.45, 7) is 11.8. The maximum atomic E-state index is 9.60. The summed E-state index contributed by atoms with van der Waals surface area (Å²) in [6, 6.07) is 0. The number of hydrogen-bond acceptors (Lipinski definition) is 5. The zero-order valence-corrected chi connectivity index (χ0v) is 13.1. The van der Waals surface area contributed by atoms with E-state index in [1.807, 2.05) is 6.20 Å². The molecule has 1 atom stereocenters. The van der Waals surface area contributed by atoms with Gasteiger partial charge < -0.3 is 14.7 Å².